The number of thiophene rings is 1. The third kappa shape index (κ3) is 1.92. The van der Waals surface area contributed by atoms with Crippen molar-refractivity contribution in [2.75, 3.05) is 19.6 Å². The summed E-state index contributed by atoms with van der Waals surface area (Å²) in [4.78, 5) is 2.65. The normalized spacial score (nSPS) is 32.6. The minimum atomic E-state index is 0.596. The Labute approximate surface area is 102 Å². The van der Waals surface area contributed by atoms with Crippen molar-refractivity contribution in [3.63, 3.8) is 0 Å². The van der Waals surface area contributed by atoms with Crippen LogP contribution in [-0.2, 0) is 0 Å². The highest BCUT2D eigenvalue weighted by atomic mass is 32.1. The van der Waals surface area contributed by atoms with E-state index in [2.05, 4.69) is 34.0 Å². The number of hydrogen-bond acceptors (Lipinski definition) is 3. The fourth-order valence-electron chi connectivity index (χ4n) is 3.12. The molecule has 2 aliphatic heterocycles. The van der Waals surface area contributed by atoms with Crippen molar-refractivity contribution in [1.82, 2.24) is 10.2 Å². The molecule has 3 atom stereocenters. The number of fused-ring (bicyclic) bond motifs is 1. The smallest absolute Gasteiger partial charge is 0.0328 e. The lowest BCUT2D eigenvalue weighted by Crippen LogP contribution is -2.40. The van der Waals surface area contributed by atoms with Crippen LogP contribution in [0.4, 0.5) is 0 Å². The number of hydrogen-bond donors (Lipinski definition) is 1. The van der Waals surface area contributed by atoms with Gasteiger partial charge in [0.2, 0.25) is 0 Å². The van der Waals surface area contributed by atoms with Gasteiger partial charge < -0.3 is 5.32 Å². The quantitative estimate of drug-likeness (QED) is 0.848. The van der Waals surface area contributed by atoms with Gasteiger partial charge in [-0.2, -0.15) is 11.3 Å². The molecule has 0 saturated carbocycles. The third-order valence-electron chi connectivity index (χ3n) is 4.20. The SMILES string of the molecule is CC(c1ccsc1)N1CC2CCCNC2C1. The van der Waals surface area contributed by atoms with Crippen LogP contribution in [0.3, 0.4) is 0 Å². The van der Waals surface area contributed by atoms with Gasteiger partial charge in [0.1, 0.15) is 0 Å². The molecule has 16 heavy (non-hydrogen) atoms. The monoisotopic (exact) mass is 236 g/mol. The van der Waals surface area contributed by atoms with E-state index in [4.69, 9.17) is 0 Å². The van der Waals surface area contributed by atoms with Gasteiger partial charge in [0.05, 0.1) is 0 Å². The molecular weight excluding hydrogens is 216 g/mol. The van der Waals surface area contributed by atoms with Crippen LogP contribution < -0.4 is 5.32 Å². The van der Waals surface area contributed by atoms with Gasteiger partial charge in [-0.25, -0.2) is 0 Å². The lowest BCUT2D eigenvalue weighted by molar-refractivity contribution is 0.251. The molecule has 0 amide bonds. The van der Waals surface area contributed by atoms with Gasteiger partial charge in [-0.3, -0.25) is 4.90 Å². The van der Waals surface area contributed by atoms with Crippen LogP contribution in [0.1, 0.15) is 31.4 Å². The summed E-state index contributed by atoms with van der Waals surface area (Å²) in [6, 6.07) is 3.62. The molecule has 3 rings (SSSR count). The minimum absolute atomic E-state index is 0.596. The second kappa shape index (κ2) is 4.47. The zero-order valence-electron chi connectivity index (χ0n) is 9.86. The van der Waals surface area contributed by atoms with E-state index in [1.807, 2.05) is 11.3 Å². The second-order valence-electron chi connectivity index (χ2n) is 5.15. The van der Waals surface area contributed by atoms with Crippen molar-refractivity contribution < 1.29 is 0 Å². The van der Waals surface area contributed by atoms with Gasteiger partial charge in [-0.15, -0.1) is 0 Å². The summed E-state index contributed by atoms with van der Waals surface area (Å²) >= 11 is 1.81. The summed E-state index contributed by atoms with van der Waals surface area (Å²) in [5.41, 5.74) is 1.49. The Morgan fingerprint density at radius 3 is 3.19 bits per heavy atom. The molecule has 3 heterocycles. The Morgan fingerprint density at radius 2 is 2.44 bits per heavy atom. The Balaban J connectivity index is 1.68. The molecular formula is C13H20N2S. The Morgan fingerprint density at radius 1 is 1.50 bits per heavy atom. The molecule has 0 aromatic carbocycles. The highest BCUT2D eigenvalue weighted by molar-refractivity contribution is 7.07. The molecule has 3 unspecified atom stereocenters. The molecule has 1 aromatic heterocycles. The van der Waals surface area contributed by atoms with E-state index in [0.29, 0.717) is 6.04 Å². The highest BCUT2D eigenvalue weighted by Gasteiger charge is 2.36. The maximum atomic E-state index is 3.67. The second-order valence-corrected chi connectivity index (χ2v) is 5.93. The zero-order chi connectivity index (χ0) is 11.0. The van der Waals surface area contributed by atoms with E-state index in [-0.39, 0.29) is 0 Å². The van der Waals surface area contributed by atoms with Crippen molar-refractivity contribution in [2.24, 2.45) is 5.92 Å². The van der Waals surface area contributed by atoms with Crippen LogP contribution in [0.5, 0.6) is 0 Å². The van der Waals surface area contributed by atoms with Gasteiger partial charge >= 0.3 is 0 Å². The molecule has 88 valence electrons. The topological polar surface area (TPSA) is 15.3 Å². The van der Waals surface area contributed by atoms with Gasteiger partial charge in [-0.05, 0) is 54.6 Å². The maximum absolute atomic E-state index is 3.67. The highest BCUT2D eigenvalue weighted by Crippen LogP contribution is 2.31. The van der Waals surface area contributed by atoms with Gasteiger partial charge in [0.15, 0.2) is 0 Å². The number of likely N-dealkylation sites (tertiary alicyclic amines) is 1. The van der Waals surface area contributed by atoms with E-state index in [9.17, 15) is 0 Å². The van der Waals surface area contributed by atoms with Gasteiger partial charge in [0.25, 0.3) is 0 Å². The molecule has 1 N–H and O–H groups in total. The number of rotatable bonds is 2. The Bertz CT molecular complexity index is 322. The Hall–Kier alpha value is -0.380. The average Bonchev–Trinajstić information content (AvgIpc) is 2.97. The van der Waals surface area contributed by atoms with E-state index in [1.165, 1.54) is 38.0 Å². The van der Waals surface area contributed by atoms with E-state index < -0.39 is 0 Å². The standard InChI is InChI=1S/C13H20N2S/c1-10(12-4-6-16-9-12)15-7-11-3-2-5-14-13(11)8-15/h4,6,9-11,13-14H,2-3,5,7-8H2,1H3. The first-order valence-corrected chi connectivity index (χ1v) is 7.28. The molecule has 3 heteroatoms. The molecule has 0 spiro atoms. The van der Waals surface area contributed by atoms with Crippen LogP contribution in [-0.4, -0.2) is 30.6 Å². The molecule has 0 radical (unpaired) electrons. The van der Waals surface area contributed by atoms with Crippen molar-refractivity contribution in [2.45, 2.75) is 31.8 Å². The van der Waals surface area contributed by atoms with Crippen LogP contribution >= 0.6 is 11.3 Å². The predicted octanol–water partition coefficient (Wildman–Crippen LogP) is 2.49. The molecule has 2 fully saturated rings. The molecule has 2 saturated heterocycles. The van der Waals surface area contributed by atoms with E-state index >= 15 is 0 Å². The zero-order valence-corrected chi connectivity index (χ0v) is 10.7. The maximum Gasteiger partial charge on any atom is 0.0328 e. The van der Waals surface area contributed by atoms with Gasteiger partial charge in [0, 0.05) is 25.2 Å². The molecule has 1 aromatic rings. The van der Waals surface area contributed by atoms with E-state index in [0.717, 1.165) is 12.0 Å². The van der Waals surface area contributed by atoms with Crippen molar-refractivity contribution in [3.05, 3.63) is 22.4 Å². The fourth-order valence-corrected chi connectivity index (χ4v) is 3.87. The number of nitrogens with zero attached hydrogens (tertiary/aromatic N) is 1. The first kappa shape index (κ1) is 10.8. The van der Waals surface area contributed by atoms with Crippen molar-refractivity contribution >= 4 is 11.3 Å². The summed E-state index contributed by atoms with van der Waals surface area (Å²) in [7, 11) is 0. The van der Waals surface area contributed by atoms with Crippen LogP contribution in [0.15, 0.2) is 16.8 Å². The number of nitrogens with one attached hydrogen (secondary N) is 1. The van der Waals surface area contributed by atoms with Crippen LogP contribution in [0.2, 0.25) is 0 Å². The first-order valence-electron chi connectivity index (χ1n) is 6.34. The van der Waals surface area contributed by atoms with Crippen molar-refractivity contribution in [1.29, 1.82) is 0 Å². The summed E-state index contributed by atoms with van der Waals surface area (Å²) < 4.78 is 0. The Kier molecular flexibility index (Phi) is 3.01. The first-order chi connectivity index (χ1) is 7.84. The molecule has 2 aliphatic rings. The summed E-state index contributed by atoms with van der Waals surface area (Å²) in [6.45, 7) is 6.09. The van der Waals surface area contributed by atoms with Gasteiger partial charge in [-0.1, -0.05) is 0 Å². The summed E-state index contributed by atoms with van der Waals surface area (Å²) in [6.07, 6.45) is 2.78. The largest absolute Gasteiger partial charge is 0.312 e. The summed E-state index contributed by atoms with van der Waals surface area (Å²) in [5, 5.41) is 8.15. The number of piperidine rings is 1. The molecule has 0 aliphatic carbocycles. The van der Waals surface area contributed by atoms with Crippen LogP contribution in [0.25, 0.3) is 0 Å². The minimum Gasteiger partial charge on any atom is -0.312 e. The average molecular weight is 236 g/mol. The lowest BCUT2D eigenvalue weighted by Gasteiger charge is -2.25. The predicted molar refractivity (Wildman–Crippen MR) is 68.8 cm³/mol. The molecule has 2 nitrogen and oxygen atoms in total. The lowest BCUT2D eigenvalue weighted by atomic mass is 9.94. The fraction of sp³-hybridized carbons (Fsp3) is 0.692. The van der Waals surface area contributed by atoms with E-state index in [1.54, 1.807) is 0 Å². The third-order valence-corrected chi connectivity index (χ3v) is 4.90. The molecule has 0 bridgehead atoms. The van der Waals surface area contributed by atoms with Crippen molar-refractivity contribution in [3.8, 4) is 0 Å². The van der Waals surface area contributed by atoms with Crippen LogP contribution in [0, 0.1) is 5.92 Å². The summed E-state index contributed by atoms with van der Waals surface area (Å²) in [5.74, 6) is 0.898.